The number of nitrogens with one attached hydrogen (secondary N) is 2. The molecule has 4 nitrogen and oxygen atoms in total. The molecule has 1 heterocycles. The quantitative estimate of drug-likeness (QED) is 0.796. The fourth-order valence-corrected chi connectivity index (χ4v) is 2.01. The standard InChI is InChI=1S/C11H20F3N3O/c1-2-6-17(7-9-4-3-5-15-9)10(18)16-8-11(12,13)14/h9,15H,2-8H2,1H3,(H,16,18). The van der Waals surface area contributed by atoms with Crippen LogP contribution < -0.4 is 10.6 Å². The molecule has 0 bridgehead atoms. The van der Waals surface area contributed by atoms with Gasteiger partial charge in [0.2, 0.25) is 0 Å². The monoisotopic (exact) mass is 267 g/mol. The van der Waals surface area contributed by atoms with E-state index >= 15 is 0 Å². The summed E-state index contributed by atoms with van der Waals surface area (Å²) < 4.78 is 36.1. The summed E-state index contributed by atoms with van der Waals surface area (Å²) in [4.78, 5) is 13.1. The van der Waals surface area contributed by atoms with Crippen LogP contribution in [0.1, 0.15) is 26.2 Å². The third kappa shape index (κ3) is 5.57. The van der Waals surface area contributed by atoms with Crippen molar-refractivity contribution in [3.05, 3.63) is 0 Å². The molecule has 2 amide bonds. The summed E-state index contributed by atoms with van der Waals surface area (Å²) in [6, 6.07) is -0.434. The lowest BCUT2D eigenvalue weighted by Crippen LogP contribution is -2.48. The SMILES string of the molecule is CCCN(CC1CCCN1)C(=O)NCC(F)(F)F. The fraction of sp³-hybridized carbons (Fsp3) is 0.909. The van der Waals surface area contributed by atoms with E-state index in [0.29, 0.717) is 13.1 Å². The van der Waals surface area contributed by atoms with Gasteiger partial charge < -0.3 is 15.5 Å². The van der Waals surface area contributed by atoms with Crippen LogP contribution in [0.4, 0.5) is 18.0 Å². The van der Waals surface area contributed by atoms with Gasteiger partial charge in [0.15, 0.2) is 0 Å². The molecule has 0 aromatic rings. The summed E-state index contributed by atoms with van der Waals surface area (Å²) in [5.41, 5.74) is 0. The Hall–Kier alpha value is -0.980. The van der Waals surface area contributed by atoms with Gasteiger partial charge in [-0.25, -0.2) is 4.79 Å². The number of urea groups is 1. The highest BCUT2D eigenvalue weighted by Crippen LogP contribution is 2.13. The molecule has 0 aliphatic carbocycles. The van der Waals surface area contributed by atoms with Crippen molar-refractivity contribution in [1.29, 1.82) is 0 Å². The van der Waals surface area contributed by atoms with Gasteiger partial charge in [-0.1, -0.05) is 6.92 Å². The Balaban J connectivity index is 2.41. The Labute approximate surface area is 105 Å². The number of nitrogens with zero attached hydrogens (tertiary/aromatic N) is 1. The van der Waals surface area contributed by atoms with Gasteiger partial charge in [-0.15, -0.1) is 0 Å². The lowest BCUT2D eigenvalue weighted by atomic mass is 10.2. The Morgan fingerprint density at radius 3 is 2.72 bits per heavy atom. The van der Waals surface area contributed by atoms with Gasteiger partial charge in [0.25, 0.3) is 0 Å². The topological polar surface area (TPSA) is 44.4 Å². The van der Waals surface area contributed by atoms with E-state index < -0.39 is 18.8 Å². The molecule has 1 unspecified atom stereocenters. The number of rotatable bonds is 5. The third-order valence-electron chi connectivity index (χ3n) is 2.82. The molecular formula is C11H20F3N3O. The van der Waals surface area contributed by atoms with E-state index in [1.807, 2.05) is 12.2 Å². The second-order valence-electron chi connectivity index (χ2n) is 4.51. The minimum atomic E-state index is -4.36. The molecular weight excluding hydrogens is 247 g/mol. The molecule has 1 aliphatic heterocycles. The highest BCUT2D eigenvalue weighted by atomic mass is 19.4. The van der Waals surface area contributed by atoms with Crippen LogP contribution in [0.25, 0.3) is 0 Å². The van der Waals surface area contributed by atoms with E-state index in [-0.39, 0.29) is 6.04 Å². The van der Waals surface area contributed by atoms with E-state index in [0.717, 1.165) is 25.8 Å². The summed E-state index contributed by atoms with van der Waals surface area (Å²) in [5.74, 6) is 0. The van der Waals surface area contributed by atoms with Gasteiger partial charge in [0.1, 0.15) is 6.54 Å². The van der Waals surface area contributed by atoms with E-state index in [1.54, 1.807) is 0 Å². The van der Waals surface area contributed by atoms with Crippen LogP contribution >= 0.6 is 0 Å². The molecule has 0 aromatic heterocycles. The molecule has 1 atom stereocenters. The maximum Gasteiger partial charge on any atom is 0.405 e. The summed E-state index contributed by atoms with van der Waals surface area (Å²) in [6.45, 7) is 2.48. The number of halogens is 3. The van der Waals surface area contributed by atoms with Crippen molar-refractivity contribution in [2.45, 2.75) is 38.4 Å². The van der Waals surface area contributed by atoms with Crippen molar-refractivity contribution >= 4 is 6.03 Å². The normalized spacial score (nSPS) is 19.9. The zero-order chi connectivity index (χ0) is 13.6. The van der Waals surface area contributed by atoms with Crippen LogP contribution in [-0.4, -0.2) is 49.3 Å². The number of carbonyl (C=O) groups excluding carboxylic acids is 1. The Kier molecular flexibility index (Phi) is 5.71. The molecule has 7 heteroatoms. The minimum absolute atomic E-state index is 0.202. The Morgan fingerprint density at radius 1 is 1.50 bits per heavy atom. The largest absolute Gasteiger partial charge is 0.405 e. The van der Waals surface area contributed by atoms with Crippen molar-refractivity contribution < 1.29 is 18.0 Å². The smallest absolute Gasteiger partial charge is 0.329 e. The van der Waals surface area contributed by atoms with Crippen molar-refractivity contribution in [1.82, 2.24) is 15.5 Å². The number of alkyl halides is 3. The zero-order valence-electron chi connectivity index (χ0n) is 10.5. The first-order valence-corrected chi connectivity index (χ1v) is 6.25. The molecule has 1 fully saturated rings. The van der Waals surface area contributed by atoms with Gasteiger partial charge in [0.05, 0.1) is 0 Å². The minimum Gasteiger partial charge on any atom is -0.329 e. The van der Waals surface area contributed by atoms with E-state index in [2.05, 4.69) is 5.32 Å². The van der Waals surface area contributed by atoms with Crippen LogP contribution in [0.5, 0.6) is 0 Å². The van der Waals surface area contributed by atoms with Gasteiger partial charge in [-0.3, -0.25) is 0 Å². The Bertz CT molecular complexity index is 265. The molecule has 18 heavy (non-hydrogen) atoms. The lowest BCUT2D eigenvalue weighted by Gasteiger charge is -2.26. The molecule has 0 spiro atoms. The highest BCUT2D eigenvalue weighted by Gasteiger charge is 2.29. The van der Waals surface area contributed by atoms with Gasteiger partial charge >= 0.3 is 12.2 Å². The number of carbonyl (C=O) groups is 1. The first-order chi connectivity index (χ1) is 8.42. The molecule has 1 aliphatic rings. The first-order valence-electron chi connectivity index (χ1n) is 6.25. The zero-order valence-corrected chi connectivity index (χ0v) is 10.5. The molecule has 1 saturated heterocycles. The maximum atomic E-state index is 12.0. The van der Waals surface area contributed by atoms with Gasteiger partial charge in [-0.05, 0) is 25.8 Å². The summed E-state index contributed by atoms with van der Waals surface area (Å²) in [6.07, 6.45) is -1.62. The van der Waals surface area contributed by atoms with Gasteiger partial charge in [-0.2, -0.15) is 13.2 Å². The van der Waals surface area contributed by atoms with Crippen LogP contribution in [0.3, 0.4) is 0 Å². The highest BCUT2D eigenvalue weighted by molar-refractivity contribution is 5.74. The third-order valence-corrected chi connectivity index (χ3v) is 2.82. The van der Waals surface area contributed by atoms with Crippen LogP contribution in [0.2, 0.25) is 0 Å². The fourth-order valence-electron chi connectivity index (χ4n) is 2.01. The molecule has 1 rings (SSSR count). The van der Waals surface area contributed by atoms with Crippen LogP contribution in [0, 0.1) is 0 Å². The second kappa shape index (κ2) is 6.82. The van der Waals surface area contributed by atoms with Crippen LogP contribution in [-0.2, 0) is 0 Å². The van der Waals surface area contributed by atoms with Gasteiger partial charge in [0, 0.05) is 19.1 Å². The summed E-state index contributed by atoms with van der Waals surface area (Å²) in [7, 11) is 0. The van der Waals surface area contributed by atoms with Crippen molar-refractivity contribution in [3.8, 4) is 0 Å². The second-order valence-corrected chi connectivity index (χ2v) is 4.51. The first kappa shape index (κ1) is 15.1. The maximum absolute atomic E-state index is 12.0. The van der Waals surface area contributed by atoms with Crippen molar-refractivity contribution in [3.63, 3.8) is 0 Å². The summed E-state index contributed by atoms with van der Waals surface area (Å²) in [5, 5.41) is 5.14. The van der Waals surface area contributed by atoms with E-state index in [4.69, 9.17) is 0 Å². The summed E-state index contributed by atoms with van der Waals surface area (Å²) >= 11 is 0. The lowest BCUT2D eigenvalue weighted by molar-refractivity contribution is -0.123. The molecule has 0 saturated carbocycles. The Morgan fingerprint density at radius 2 is 2.22 bits per heavy atom. The molecule has 2 N–H and O–H groups in total. The number of amides is 2. The number of hydrogen-bond acceptors (Lipinski definition) is 2. The predicted molar refractivity (Wildman–Crippen MR) is 62.3 cm³/mol. The van der Waals surface area contributed by atoms with E-state index in [1.165, 1.54) is 4.90 Å². The van der Waals surface area contributed by atoms with Crippen molar-refractivity contribution in [2.75, 3.05) is 26.2 Å². The molecule has 0 radical (unpaired) electrons. The average Bonchev–Trinajstić information content (AvgIpc) is 2.77. The van der Waals surface area contributed by atoms with Crippen LogP contribution in [0.15, 0.2) is 0 Å². The van der Waals surface area contributed by atoms with E-state index in [9.17, 15) is 18.0 Å². The molecule has 0 aromatic carbocycles. The predicted octanol–water partition coefficient (Wildman–Crippen LogP) is 1.72. The molecule has 106 valence electrons. The average molecular weight is 267 g/mol. The van der Waals surface area contributed by atoms with Crippen molar-refractivity contribution in [2.24, 2.45) is 0 Å². The number of hydrogen-bond donors (Lipinski definition) is 2.